The van der Waals surface area contributed by atoms with Gasteiger partial charge in [0.05, 0.1) is 11.4 Å². The van der Waals surface area contributed by atoms with Crippen molar-refractivity contribution in [1.82, 2.24) is 4.90 Å². The lowest BCUT2D eigenvalue weighted by Gasteiger charge is -2.34. The molecule has 1 fully saturated rings. The molecule has 4 nitrogen and oxygen atoms in total. The largest absolute Gasteiger partial charge is 0.396 e. The third-order valence-electron chi connectivity index (χ3n) is 4.33. The lowest BCUT2D eigenvalue weighted by Crippen LogP contribution is -2.35. The molecule has 22 heavy (non-hydrogen) atoms. The van der Waals surface area contributed by atoms with E-state index in [1.165, 1.54) is 31.4 Å². The van der Waals surface area contributed by atoms with Crippen LogP contribution in [0, 0.1) is 5.92 Å². The zero-order valence-electron chi connectivity index (χ0n) is 14.1. The maximum absolute atomic E-state index is 6.05. The van der Waals surface area contributed by atoms with Gasteiger partial charge in [-0.15, -0.1) is 11.3 Å². The number of hydrogen-bond acceptors (Lipinski definition) is 5. The second kappa shape index (κ2) is 9.38. The summed E-state index contributed by atoms with van der Waals surface area (Å²) in [6.45, 7) is 5.21. The summed E-state index contributed by atoms with van der Waals surface area (Å²) in [6.07, 6.45) is 6.21. The minimum atomic E-state index is 0.790. The molecule has 0 radical (unpaired) electrons. The van der Waals surface area contributed by atoms with Gasteiger partial charge in [-0.1, -0.05) is 0 Å². The SMILES string of the molecule is CN(C)CCCOCCCC1CCCN(c2cscc2N)C1. The van der Waals surface area contributed by atoms with Crippen molar-refractivity contribution in [3.05, 3.63) is 10.8 Å². The van der Waals surface area contributed by atoms with E-state index in [1.54, 1.807) is 11.3 Å². The molecule has 5 heteroatoms. The van der Waals surface area contributed by atoms with Crippen LogP contribution in [0.4, 0.5) is 11.4 Å². The van der Waals surface area contributed by atoms with Gasteiger partial charge in [0.2, 0.25) is 0 Å². The Bertz CT molecular complexity index is 422. The number of ether oxygens (including phenoxy) is 1. The number of hydrogen-bond donors (Lipinski definition) is 1. The molecule has 0 aliphatic carbocycles. The molecule has 1 saturated heterocycles. The van der Waals surface area contributed by atoms with E-state index in [1.807, 2.05) is 5.38 Å². The average Bonchev–Trinajstić information content (AvgIpc) is 2.92. The fourth-order valence-corrected chi connectivity index (χ4v) is 3.89. The Morgan fingerprint density at radius 3 is 2.86 bits per heavy atom. The van der Waals surface area contributed by atoms with Gasteiger partial charge < -0.3 is 20.3 Å². The van der Waals surface area contributed by atoms with E-state index in [-0.39, 0.29) is 0 Å². The fraction of sp³-hybridized carbons (Fsp3) is 0.765. The highest BCUT2D eigenvalue weighted by atomic mass is 32.1. The third kappa shape index (κ3) is 5.78. The van der Waals surface area contributed by atoms with Crippen molar-refractivity contribution in [2.24, 2.45) is 5.92 Å². The number of nitrogens with zero attached hydrogens (tertiary/aromatic N) is 2. The Hall–Kier alpha value is -0.780. The molecule has 0 spiro atoms. The van der Waals surface area contributed by atoms with Crippen molar-refractivity contribution in [3.63, 3.8) is 0 Å². The smallest absolute Gasteiger partial charge is 0.0708 e. The van der Waals surface area contributed by atoms with Crippen LogP contribution >= 0.6 is 11.3 Å². The second-order valence-electron chi connectivity index (χ2n) is 6.58. The van der Waals surface area contributed by atoms with Crippen molar-refractivity contribution >= 4 is 22.7 Å². The van der Waals surface area contributed by atoms with E-state index in [9.17, 15) is 0 Å². The van der Waals surface area contributed by atoms with Crippen LogP contribution in [0.2, 0.25) is 0 Å². The highest BCUT2D eigenvalue weighted by molar-refractivity contribution is 7.08. The summed E-state index contributed by atoms with van der Waals surface area (Å²) in [5.74, 6) is 0.790. The van der Waals surface area contributed by atoms with Gasteiger partial charge in [0.15, 0.2) is 0 Å². The first-order chi connectivity index (χ1) is 10.7. The quantitative estimate of drug-likeness (QED) is 0.707. The van der Waals surface area contributed by atoms with Gasteiger partial charge in [-0.2, -0.15) is 0 Å². The molecule has 1 aliphatic rings. The van der Waals surface area contributed by atoms with Gasteiger partial charge in [0.25, 0.3) is 0 Å². The van der Waals surface area contributed by atoms with Crippen molar-refractivity contribution in [2.45, 2.75) is 32.1 Å². The van der Waals surface area contributed by atoms with Crippen LogP contribution in [0.15, 0.2) is 10.8 Å². The second-order valence-corrected chi connectivity index (χ2v) is 7.32. The average molecular weight is 326 g/mol. The van der Waals surface area contributed by atoms with E-state index in [0.717, 1.165) is 50.9 Å². The molecular weight excluding hydrogens is 294 g/mol. The Balaban J connectivity index is 1.59. The molecule has 1 aromatic rings. The summed E-state index contributed by atoms with van der Waals surface area (Å²) in [5.41, 5.74) is 8.24. The van der Waals surface area contributed by atoms with E-state index in [4.69, 9.17) is 10.5 Å². The van der Waals surface area contributed by atoms with Gasteiger partial charge in [0.1, 0.15) is 0 Å². The van der Waals surface area contributed by atoms with Crippen LogP contribution in [-0.4, -0.2) is 51.8 Å². The van der Waals surface area contributed by atoms with Crippen molar-refractivity contribution in [3.8, 4) is 0 Å². The molecule has 1 aliphatic heterocycles. The number of nitrogens with two attached hydrogens (primary N) is 1. The van der Waals surface area contributed by atoms with Crippen LogP contribution in [0.5, 0.6) is 0 Å². The fourth-order valence-electron chi connectivity index (χ4n) is 3.14. The molecule has 2 heterocycles. The number of thiophene rings is 1. The number of nitrogen functional groups attached to an aromatic ring is 1. The summed E-state index contributed by atoms with van der Waals surface area (Å²) in [5, 5.41) is 4.23. The molecule has 0 saturated carbocycles. The first kappa shape index (κ1) is 17.6. The van der Waals surface area contributed by atoms with Gasteiger partial charge in [0, 0.05) is 37.1 Å². The molecule has 2 rings (SSSR count). The highest BCUT2D eigenvalue weighted by Gasteiger charge is 2.21. The minimum absolute atomic E-state index is 0.790. The molecule has 0 aromatic carbocycles. The van der Waals surface area contributed by atoms with E-state index in [2.05, 4.69) is 29.3 Å². The van der Waals surface area contributed by atoms with Crippen LogP contribution in [0.3, 0.4) is 0 Å². The zero-order chi connectivity index (χ0) is 15.8. The van der Waals surface area contributed by atoms with Gasteiger partial charge in [-0.25, -0.2) is 0 Å². The lowest BCUT2D eigenvalue weighted by molar-refractivity contribution is 0.118. The summed E-state index contributed by atoms with van der Waals surface area (Å²) in [6, 6.07) is 0. The van der Waals surface area contributed by atoms with Gasteiger partial charge in [-0.05, 0) is 58.7 Å². The van der Waals surface area contributed by atoms with Gasteiger partial charge in [-0.3, -0.25) is 0 Å². The summed E-state index contributed by atoms with van der Waals surface area (Å²) >= 11 is 1.70. The lowest BCUT2D eigenvalue weighted by atomic mass is 9.93. The Kier molecular flexibility index (Phi) is 7.49. The Morgan fingerprint density at radius 1 is 1.32 bits per heavy atom. The van der Waals surface area contributed by atoms with E-state index in [0.29, 0.717) is 0 Å². The number of piperidine rings is 1. The van der Waals surface area contributed by atoms with Crippen molar-refractivity contribution < 1.29 is 4.74 Å². The van der Waals surface area contributed by atoms with E-state index < -0.39 is 0 Å². The maximum Gasteiger partial charge on any atom is 0.0708 e. The molecule has 0 bridgehead atoms. The molecule has 2 N–H and O–H groups in total. The zero-order valence-corrected chi connectivity index (χ0v) is 14.9. The Morgan fingerprint density at radius 2 is 2.14 bits per heavy atom. The number of anilines is 2. The van der Waals surface area contributed by atoms with Crippen LogP contribution in [-0.2, 0) is 4.74 Å². The highest BCUT2D eigenvalue weighted by Crippen LogP contribution is 2.32. The molecule has 0 amide bonds. The first-order valence-corrected chi connectivity index (χ1v) is 9.40. The molecule has 1 atom stereocenters. The molecule has 1 aromatic heterocycles. The minimum Gasteiger partial charge on any atom is -0.396 e. The standard InChI is InChI=1S/C17H31N3OS/c1-19(2)8-5-11-21-10-4-7-15-6-3-9-20(12-15)17-14-22-13-16(17)18/h13-15H,3-12,18H2,1-2H3. The maximum atomic E-state index is 6.05. The predicted octanol–water partition coefficient (Wildman–Crippen LogP) is 3.30. The van der Waals surface area contributed by atoms with Gasteiger partial charge >= 0.3 is 0 Å². The molecule has 126 valence electrons. The van der Waals surface area contributed by atoms with Crippen molar-refractivity contribution in [1.29, 1.82) is 0 Å². The third-order valence-corrected chi connectivity index (χ3v) is 5.07. The normalized spacial score (nSPS) is 19.0. The van der Waals surface area contributed by atoms with Crippen molar-refractivity contribution in [2.75, 3.05) is 57.6 Å². The monoisotopic (exact) mass is 325 g/mol. The van der Waals surface area contributed by atoms with Crippen LogP contribution < -0.4 is 10.6 Å². The van der Waals surface area contributed by atoms with Crippen LogP contribution in [0.1, 0.15) is 32.1 Å². The van der Waals surface area contributed by atoms with Crippen LogP contribution in [0.25, 0.3) is 0 Å². The Labute approximate surface area is 139 Å². The van der Waals surface area contributed by atoms with E-state index >= 15 is 0 Å². The first-order valence-electron chi connectivity index (χ1n) is 8.46. The summed E-state index contributed by atoms with van der Waals surface area (Å²) in [4.78, 5) is 4.67. The molecular formula is C17H31N3OS. The summed E-state index contributed by atoms with van der Waals surface area (Å²) in [7, 11) is 4.21. The number of rotatable bonds is 9. The predicted molar refractivity (Wildman–Crippen MR) is 96.9 cm³/mol. The topological polar surface area (TPSA) is 41.7 Å². The summed E-state index contributed by atoms with van der Waals surface area (Å²) < 4.78 is 5.73. The molecule has 1 unspecified atom stereocenters.